The normalized spacial score (nSPS) is 11.0. The Morgan fingerprint density at radius 2 is 1.50 bits per heavy atom. The smallest absolute Gasteiger partial charge is 0.338 e. The molecular formula is C22H33N2O4+. The number of benzene rings is 1. The second-order valence-electron chi connectivity index (χ2n) is 7.08. The van der Waals surface area contributed by atoms with Crippen molar-refractivity contribution < 1.29 is 23.6 Å². The Labute approximate surface area is 167 Å². The average molecular weight is 390 g/mol. The van der Waals surface area contributed by atoms with Crippen LogP contribution in [-0.4, -0.2) is 30.7 Å². The lowest BCUT2D eigenvalue weighted by Gasteiger charge is -2.06. The molecule has 1 aromatic heterocycles. The van der Waals surface area contributed by atoms with Gasteiger partial charge in [-0.1, -0.05) is 32.6 Å². The number of aryl methyl sites for hydroxylation is 2. The van der Waals surface area contributed by atoms with Crippen LogP contribution in [0.5, 0.6) is 0 Å². The molecule has 1 heterocycles. The monoisotopic (exact) mass is 389 g/mol. The number of fused-ring (bicyclic) bond motifs is 1. The fraction of sp³-hybridized carbons (Fsp3) is 0.591. The molecule has 0 spiro atoms. The van der Waals surface area contributed by atoms with Crippen molar-refractivity contribution in [2.75, 3.05) is 14.2 Å². The van der Waals surface area contributed by atoms with E-state index >= 15 is 0 Å². The predicted molar refractivity (Wildman–Crippen MR) is 109 cm³/mol. The van der Waals surface area contributed by atoms with Crippen LogP contribution in [0.15, 0.2) is 12.1 Å². The predicted octanol–water partition coefficient (Wildman–Crippen LogP) is 4.19. The second-order valence-corrected chi connectivity index (χ2v) is 7.08. The average Bonchev–Trinajstić information content (AvgIpc) is 2.98. The van der Waals surface area contributed by atoms with Crippen LogP contribution in [0.25, 0.3) is 11.0 Å². The van der Waals surface area contributed by atoms with Gasteiger partial charge in [0.15, 0.2) is 11.0 Å². The molecule has 2 aromatic rings. The molecule has 0 saturated heterocycles. The lowest BCUT2D eigenvalue weighted by molar-refractivity contribution is -0.678. The van der Waals surface area contributed by atoms with Crippen LogP contribution >= 0.6 is 0 Å². The summed E-state index contributed by atoms with van der Waals surface area (Å²) < 4.78 is 14.2. The Balaban J connectivity index is 2.45. The topological polar surface area (TPSA) is 61.4 Å². The number of carbonyl (C=O) groups excluding carboxylic acids is 2. The van der Waals surface area contributed by atoms with Crippen molar-refractivity contribution >= 4 is 23.0 Å². The summed E-state index contributed by atoms with van der Waals surface area (Å²) in [5.74, 6) is 0.0467. The van der Waals surface area contributed by atoms with Crippen molar-refractivity contribution in [3.63, 3.8) is 0 Å². The summed E-state index contributed by atoms with van der Waals surface area (Å²) in [5, 5.41) is 0. The highest BCUT2D eigenvalue weighted by Gasteiger charge is 2.27. The SMILES string of the molecule is CCCCCCCC[n+]1c(C)n(CC)c2cc(C(=O)OC)c(C(=O)OC)cc21. The maximum Gasteiger partial charge on any atom is 0.338 e. The first-order valence-corrected chi connectivity index (χ1v) is 10.2. The Bertz CT molecular complexity index is 839. The van der Waals surface area contributed by atoms with E-state index in [-0.39, 0.29) is 11.1 Å². The third-order valence-electron chi connectivity index (χ3n) is 5.34. The molecule has 28 heavy (non-hydrogen) atoms. The van der Waals surface area contributed by atoms with Crippen LogP contribution in [-0.2, 0) is 22.6 Å². The van der Waals surface area contributed by atoms with E-state index in [0.717, 1.165) is 36.4 Å². The summed E-state index contributed by atoms with van der Waals surface area (Å²) in [5.41, 5.74) is 2.35. The van der Waals surface area contributed by atoms with E-state index in [9.17, 15) is 9.59 Å². The van der Waals surface area contributed by atoms with Gasteiger partial charge in [-0.15, -0.1) is 0 Å². The van der Waals surface area contributed by atoms with E-state index in [1.807, 2.05) is 0 Å². The molecule has 6 heteroatoms. The number of ether oxygens (including phenoxy) is 2. The Morgan fingerprint density at radius 3 is 2.07 bits per heavy atom. The molecule has 6 nitrogen and oxygen atoms in total. The first-order chi connectivity index (χ1) is 13.5. The molecule has 0 saturated carbocycles. The summed E-state index contributed by atoms with van der Waals surface area (Å²) in [4.78, 5) is 24.5. The van der Waals surface area contributed by atoms with Crippen molar-refractivity contribution in [2.24, 2.45) is 0 Å². The molecule has 0 aliphatic carbocycles. The van der Waals surface area contributed by atoms with Gasteiger partial charge in [-0.3, -0.25) is 0 Å². The Morgan fingerprint density at radius 1 is 0.929 bits per heavy atom. The summed E-state index contributed by atoms with van der Waals surface area (Å²) in [7, 11) is 2.64. The lowest BCUT2D eigenvalue weighted by atomic mass is 10.1. The number of aromatic nitrogens is 2. The Kier molecular flexibility index (Phi) is 8.03. The number of unbranched alkanes of at least 4 members (excludes halogenated alkanes) is 5. The minimum atomic E-state index is -0.536. The van der Waals surface area contributed by atoms with E-state index in [4.69, 9.17) is 9.47 Å². The van der Waals surface area contributed by atoms with Crippen molar-refractivity contribution in [3.05, 3.63) is 29.1 Å². The van der Waals surface area contributed by atoms with Gasteiger partial charge in [0, 0.05) is 19.1 Å². The molecule has 0 fully saturated rings. The summed E-state index contributed by atoms with van der Waals surface area (Å²) in [6.07, 6.45) is 7.35. The maximum absolute atomic E-state index is 12.3. The first kappa shape index (κ1) is 21.9. The van der Waals surface area contributed by atoms with Gasteiger partial charge in [0.25, 0.3) is 5.82 Å². The summed E-state index contributed by atoms with van der Waals surface area (Å²) in [6, 6.07) is 3.52. The maximum atomic E-state index is 12.3. The van der Waals surface area contributed by atoms with Gasteiger partial charge in [0.05, 0.1) is 38.4 Å². The van der Waals surface area contributed by atoms with Crippen LogP contribution in [0.4, 0.5) is 0 Å². The Hall–Kier alpha value is -2.37. The van der Waals surface area contributed by atoms with Crippen LogP contribution in [0.2, 0.25) is 0 Å². The zero-order valence-corrected chi connectivity index (χ0v) is 17.8. The van der Waals surface area contributed by atoms with Gasteiger partial charge >= 0.3 is 11.9 Å². The van der Waals surface area contributed by atoms with Crippen LogP contribution in [0.1, 0.15) is 78.9 Å². The number of imidazole rings is 1. The van der Waals surface area contributed by atoms with Gasteiger partial charge in [-0.25, -0.2) is 18.7 Å². The third kappa shape index (κ3) is 4.54. The zero-order valence-electron chi connectivity index (χ0n) is 17.8. The first-order valence-electron chi connectivity index (χ1n) is 10.2. The molecule has 0 unspecified atom stereocenters. The summed E-state index contributed by atoms with van der Waals surface area (Å²) >= 11 is 0. The highest BCUT2D eigenvalue weighted by molar-refractivity contribution is 6.06. The number of methoxy groups -OCH3 is 2. The highest BCUT2D eigenvalue weighted by Crippen LogP contribution is 2.22. The largest absolute Gasteiger partial charge is 0.465 e. The summed E-state index contributed by atoms with van der Waals surface area (Å²) in [6.45, 7) is 8.05. The fourth-order valence-electron chi connectivity index (χ4n) is 3.79. The van der Waals surface area contributed by atoms with Crippen LogP contribution < -0.4 is 4.57 Å². The quantitative estimate of drug-likeness (QED) is 0.347. The van der Waals surface area contributed by atoms with E-state index < -0.39 is 11.9 Å². The van der Waals surface area contributed by atoms with E-state index in [0.29, 0.717) is 0 Å². The van der Waals surface area contributed by atoms with Gasteiger partial charge in [-0.05, 0) is 19.8 Å². The standard InChI is InChI=1S/C22H33N2O4/c1-6-8-9-10-11-12-13-24-16(3)23(7-2)19-14-17(21(25)27-4)18(15-20(19)24)22(26)28-5/h14-15H,6-13H2,1-5H3/q+1. The van der Waals surface area contributed by atoms with E-state index in [1.54, 1.807) is 12.1 Å². The number of esters is 2. The van der Waals surface area contributed by atoms with Gasteiger partial charge in [0.2, 0.25) is 0 Å². The number of nitrogens with zero attached hydrogens (tertiary/aromatic N) is 2. The minimum absolute atomic E-state index is 0.237. The molecule has 0 N–H and O–H groups in total. The molecule has 0 atom stereocenters. The van der Waals surface area contributed by atoms with Gasteiger partial charge in [-0.2, -0.15) is 0 Å². The van der Waals surface area contributed by atoms with E-state index in [2.05, 4.69) is 29.9 Å². The molecule has 0 aliphatic heterocycles. The molecule has 154 valence electrons. The molecule has 0 radical (unpaired) electrons. The third-order valence-corrected chi connectivity index (χ3v) is 5.34. The van der Waals surface area contributed by atoms with Crippen LogP contribution in [0.3, 0.4) is 0 Å². The zero-order chi connectivity index (χ0) is 20.7. The minimum Gasteiger partial charge on any atom is -0.465 e. The van der Waals surface area contributed by atoms with E-state index in [1.165, 1.54) is 46.3 Å². The van der Waals surface area contributed by atoms with Crippen molar-refractivity contribution in [3.8, 4) is 0 Å². The van der Waals surface area contributed by atoms with Crippen LogP contribution in [0, 0.1) is 6.92 Å². The molecule has 2 rings (SSSR count). The fourth-order valence-corrected chi connectivity index (χ4v) is 3.79. The number of hydrogen-bond acceptors (Lipinski definition) is 4. The van der Waals surface area contributed by atoms with Crippen molar-refractivity contribution in [2.45, 2.75) is 72.4 Å². The number of hydrogen-bond donors (Lipinski definition) is 0. The molecule has 0 aliphatic rings. The van der Waals surface area contributed by atoms with Crippen molar-refractivity contribution in [1.29, 1.82) is 0 Å². The molecule has 0 bridgehead atoms. The molecule has 0 amide bonds. The van der Waals surface area contributed by atoms with Crippen molar-refractivity contribution in [1.82, 2.24) is 4.57 Å². The second kappa shape index (κ2) is 10.2. The molecule has 1 aromatic carbocycles. The molecular weight excluding hydrogens is 356 g/mol. The number of carbonyl (C=O) groups is 2. The highest BCUT2D eigenvalue weighted by atomic mass is 16.5. The van der Waals surface area contributed by atoms with Gasteiger partial charge < -0.3 is 9.47 Å². The van der Waals surface area contributed by atoms with Gasteiger partial charge in [0.1, 0.15) is 0 Å². The lowest BCUT2D eigenvalue weighted by Crippen LogP contribution is -2.36. The number of rotatable bonds is 10.